The third-order valence-electron chi connectivity index (χ3n) is 7.88. The number of aliphatic hydroxyl groups is 2. The number of carbonyl (C=O) groups is 4. The van der Waals surface area contributed by atoms with Crippen molar-refractivity contribution in [3.63, 3.8) is 0 Å². The largest absolute Gasteiger partial charge is 0.474 e. The molecule has 0 aliphatic carbocycles. The fourth-order valence-corrected chi connectivity index (χ4v) is 5.72. The molecule has 0 saturated heterocycles. The fourth-order valence-electron chi connectivity index (χ4n) is 5.34. The number of aliphatic carboxylic acids is 1. The van der Waals surface area contributed by atoms with E-state index < -0.39 is 42.1 Å². The zero-order chi connectivity index (χ0) is 38.9. The number of hydrogen-bond donors (Lipinski definition) is 5. The van der Waals surface area contributed by atoms with Crippen LogP contribution in [0, 0.1) is 0 Å². The van der Waals surface area contributed by atoms with E-state index >= 15 is 0 Å². The SMILES string of the molecule is CCOC(=O)[C@H](O)C[C@@H](Cc1ccc(-c2cccc(Cl)c2)cc1)NC(=O)C(=O)O.CCOC(=O)[C@H](O)C[C@H](N)Cc1ccc(-c2cccc(Cl)c2)cc1. The summed E-state index contributed by atoms with van der Waals surface area (Å²) >= 11 is 12.0. The van der Waals surface area contributed by atoms with Crippen molar-refractivity contribution in [2.45, 2.75) is 63.8 Å². The minimum Gasteiger partial charge on any atom is -0.474 e. The average Bonchev–Trinajstić information content (AvgIpc) is 3.12. The van der Waals surface area contributed by atoms with E-state index in [4.69, 9.17) is 43.5 Å². The molecular formula is C40H44Cl2N2O9. The van der Waals surface area contributed by atoms with Crippen LogP contribution in [0.15, 0.2) is 97.1 Å². The van der Waals surface area contributed by atoms with Gasteiger partial charge in [-0.1, -0.05) is 96.0 Å². The number of aliphatic hydroxyl groups excluding tert-OH is 2. The second-order valence-corrected chi connectivity index (χ2v) is 12.9. The van der Waals surface area contributed by atoms with Crippen molar-refractivity contribution in [1.82, 2.24) is 5.32 Å². The van der Waals surface area contributed by atoms with Gasteiger partial charge in [0.05, 0.1) is 13.2 Å². The lowest BCUT2D eigenvalue weighted by Gasteiger charge is -2.20. The molecule has 0 aliphatic rings. The highest BCUT2D eigenvalue weighted by Gasteiger charge is 2.25. The topological polar surface area (TPSA) is 185 Å². The van der Waals surface area contributed by atoms with Crippen LogP contribution < -0.4 is 11.1 Å². The Bertz CT molecular complexity index is 1800. The van der Waals surface area contributed by atoms with Gasteiger partial charge in [-0.05, 0) is 90.8 Å². The van der Waals surface area contributed by atoms with Crippen molar-refractivity contribution in [2.75, 3.05) is 13.2 Å². The summed E-state index contributed by atoms with van der Waals surface area (Å²) in [5.74, 6) is -4.29. The number of nitrogens with two attached hydrogens (primary N) is 1. The molecule has 13 heteroatoms. The Morgan fingerprint density at radius 1 is 0.660 bits per heavy atom. The highest BCUT2D eigenvalue weighted by atomic mass is 35.5. The quantitative estimate of drug-likeness (QED) is 0.0751. The Hall–Kier alpha value is -4.78. The Morgan fingerprint density at radius 3 is 1.51 bits per heavy atom. The van der Waals surface area contributed by atoms with E-state index in [1.54, 1.807) is 19.9 Å². The molecule has 0 aliphatic heterocycles. The molecule has 53 heavy (non-hydrogen) atoms. The van der Waals surface area contributed by atoms with Gasteiger partial charge >= 0.3 is 23.8 Å². The van der Waals surface area contributed by atoms with Crippen molar-refractivity contribution >= 4 is 47.0 Å². The van der Waals surface area contributed by atoms with E-state index in [-0.39, 0.29) is 38.5 Å². The predicted octanol–water partition coefficient (Wildman–Crippen LogP) is 5.62. The van der Waals surface area contributed by atoms with E-state index in [0.29, 0.717) is 16.5 Å². The van der Waals surface area contributed by atoms with Crippen LogP contribution in [0.25, 0.3) is 22.3 Å². The van der Waals surface area contributed by atoms with E-state index in [0.717, 1.165) is 33.4 Å². The van der Waals surface area contributed by atoms with Crippen LogP contribution in [0.1, 0.15) is 37.8 Å². The van der Waals surface area contributed by atoms with E-state index in [1.807, 2.05) is 91.0 Å². The van der Waals surface area contributed by atoms with Crippen LogP contribution in [0.5, 0.6) is 0 Å². The molecule has 11 nitrogen and oxygen atoms in total. The van der Waals surface area contributed by atoms with E-state index in [9.17, 15) is 29.4 Å². The molecule has 282 valence electrons. The number of hydrogen-bond acceptors (Lipinski definition) is 9. The van der Waals surface area contributed by atoms with Crippen molar-refractivity contribution in [3.05, 3.63) is 118 Å². The third kappa shape index (κ3) is 14.6. The number of carbonyl (C=O) groups excluding carboxylic acids is 3. The van der Waals surface area contributed by atoms with Gasteiger partial charge in [0, 0.05) is 28.5 Å². The van der Waals surface area contributed by atoms with Crippen LogP contribution in [0.4, 0.5) is 0 Å². The lowest BCUT2D eigenvalue weighted by Crippen LogP contribution is -2.43. The van der Waals surface area contributed by atoms with Gasteiger partial charge in [-0.15, -0.1) is 0 Å². The maximum absolute atomic E-state index is 11.7. The molecule has 4 aromatic carbocycles. The number of carboxylic acids is 1. The Labute approximate surface area is 318 Å². The lowest BCUT2D eigenvalue weighted by atomic mass is 9.98. The van der Waals surface area contributed by atoms with E-state index in [1.165, 1.54) is 0 Å². The highest BCUT2D eigenvalue weighted by Crippen LogP contribution is 2.25. The number of carboxylic acid groups (broad SMARTS) is 1. The van der Waals surface area contributed by atoms with Crippen molar-refractivity contribution in [2.24, 2.45) is 5.73 Å². The third-order valence-corrected chi connectivity index (χ3v) is 8.35. The number of amides is 1. The van der Waals surface area contributed by atoms with Gasteiger partial charge < -0.3 is 35.8 Å². The molecule has 0 radical (unpaired) electrons. The first-order chi connectivity index (χ1) is 25.3. The monoisotopic (exact) mass is 766 g/mol. The number of rotatable bonds is 15. The summed E-state index contributed by atoms with van der Waals surface area (Å²) in [4.78, 5) is 45.5. The maximum Gasteiger partial charge on any atom is 0.394 e. The van der Waals surface area contributed by atoms with Crippen molar-refractivity contribution in [1.29, 1.82) is 0 Å². The molecule has 0 spiro atoms. The summed E-state index contributed by atoms with van der Waals surface area (Å²) in [5.41, 5.74) is 11.9. The summed E-state index contributed by atoms with van der Waals surface area (Å²) in [6.07, 6.45) is -1.84. The minimum absolute atomic E-state index is 0.104. The summed E-state index contributed by atoms with van der Waals surface area (Å²) < 4.78 is 9.53. The smallest absolute Gasteiger partial charge is 0.394 e. The molecular weight excluding hydrogens is 723 g/mol. The van der Waals surface area contributed by atoms with Crippen LogP contribution >= 0.6 is 23.2 Å². The van der Waals surface area contributed by atoms with Gasteiger partial charge in [0.1, 0.15) is 0 Å². The van der Waals surface area contributed by atoms with Gasteiger partial charge in [-0.25, -0.2) is 14.4 Å². The first kappa shape index (κ1) is 42.6. The molecule has 4 rings (SSSR count). The van der Waals surface area contributed by atoms with Crippen LogP contribution in [0.3, 0.4) is 0 Å². The Balaban J connectivity index is 0.000000290. The number of ether oxygens (including phenoxy) is 2. The van der Waals surface area contributed by atoms with Gasteiger partial charge in [0.25, 0.3) is 0 Å². The van der Waals surface area contributed by atoms with Gasteiger partial charge in [-0.2, -0.15) is 0 Å². The van der Waals surface area contributed by atoms with Crippen LogP contribution in [0.2, 0.25) is 10.0 Å². The van der Waals surface area contributed by atoms with Crippen LogP contribution in [-0.2, 0) is 41.5 Å². The second kappa shape index (κ2) is 21.7. The zero-order valence-electron chi connectivity index (χ0n) is 29.4. The van der Waals surface area contributed by atoms with Gasteiger partial charge in [0.2, 0.25) is 0 Å². The van der Waals surface area contributed by atoms with Crippen LogP contribution in [-0.4, -0.2) is 76.6 Å². The molecule has 0 unspecified atom stereocenters. The fraction of sp³-hybridized carbons (Fsp3) is 0.300. The highest BCUT2D eigenvalue weighted by molar-refractivity contribution is 6.31. The molecule has 4 aromatic rings. The molecule has 0 bridgehead atoms. The maximum atomic E-state index is 11.7. The summed E-state index contributed by atoms with van der Waals surface area (Å²) in [5, 5.41) is 32.2. The molecule has 0 fully saturated rings. The number of halogens is 2. The standard InChI is InChI=1S/C21H22ClNO6.C19H22ClNO3/c1-2-29-21(28)18(24)12-17(23-19(25)20(26)27)10-13-6-8-14(9-7-13)15-4-3-5-16(22)11-15;1-2-24-19(23)18(22)12-17(21)10-13-6-8-14(9-7-13)15-4-3-5-16(20)11-15/h3-9,11,17-18,24H,2,10,12H2,1H3,(H,23,25)(H,26,27);3-9,11,17-18,22H,2,10,12,21H2,1H3/t2*17-,18-/m11/s1. The normalized spacial score (nSPS) is 13.0. The Morgan fingerprint density at radius 2 is 1.09 bits per heavy atom. The molecule has 0 heterocycles. The summed E-state index contributed by atoms with van der Waals surface area (Å²) in [6.45, 7) is 3.66. The molecule has 6 N–H and O–H groups in total. The minimum atomic E-state index is -1.64. The Kier molecular flexibility index (Phi) is 17.4. The molecule has 1 amide bonds. The predicted molar refractivity (Wildman–Crippen MR) is 203 cm³/mol. The van der Waals surface area contributed by atoms with Crippen molar-refractivity contribution < 1.29 is 44.0 Å². The van der Waals surface area contributed by atoms with Gasteiger partial charge in [-0.3, -0.25) is 4.79 Å². The first-order valence-corrected chi connectivity index (χ1v) is 17.7. The molecule has 0 aromatic heterocycles. The average molecular weight is 768 g/mol. The summed E-state index contributed by atoms with van der Waals surface area (Å²) in [6, 6.07) is 29.4. The van der Waals surface area contributed by atoms with Crippen molar-refractivity contribution in [3.8, 4) is 22.3 Å². The number of esters is 2. The summed E-state index contributed by atoms with van der Waals surface area (Å²) in [7, 11) is 0. The molecule has 0 saturated carbocycles. The lowest BCUT2D eigenvalue weighted by molar-refractivity contribution is -0.154. The zero-order valence-corrected chi connectivity index (χ0v) is 30.9. The second-order valence-electron chi connectivity index (χ2n) is 12.1. The number of benzene rings is 4. The van der Waals surface area contributed by atoms with Gasteiger partial charge in [0.15, 0.2) is 12.2 Å². The molecule has 4 atom stereocenters. The first-order valence-electron chi connectivity index (χ1n) is 17.0. The van der Waals surface area contributed by atoms with E-state index in [2.05, 4.69) is 5.32 Å². The number of nitrogens with one attached hydrogen (secondary N) is 1.